The predicted molar refractivity (Wildman–Crippen MR) is 104 cm³/mol. The van der Waals surface area contributed by atoms with E-state index >= 15 is 0 Å². The minimum absolute atomic E-state index is 0.197. The summed E-state index contributed by atoms with van der Waals surface area (Å²) in [4.78, 5) is 18.2. The van der Waals surface area contributed by atoms with Gasteiger partial charge in [0, 0.05) is 6.54 Å². The van der Waals surface area contributed by atoms with Gasteiger partial charge in [0.1, 0.15) is 4.88 Å². The first-order valence-corrected chi connectivity index (χ1v) is 9.59. The molecule has 2 heterocycles. The Morgan fingerprint density at radius 1 is 1.04 bits per heavy atom. The van der Waals surface area contributed by atoms with Crippen LogP contribution in [0, 0.1) is 0 Å². The van der Waals surface area contributed by atoms with Crippen molar-refractivity contribution in [2.45, 2.75) is 24.8 Å². The summed E-state index contributed by atoms with van der Waals surface area (Å²) in [5.41, 5.74) is 2.62. The predicted octanol–water partition coefficient (Wildman–Crippen LogP) is 4.97. The number of piperidine rings is 1. The Morgan fingerprint density at radius 2 is 1.69 bits per heavy atom. The Balaban J connectivity index is 1.66. The lowest BCUT2D eigenvalue weighted by atomic mass is 9.83. The number of nitrogens with zero attached hydrogens (tertiary/aromatic N) is 2. The van der Waals surface area contributed by atoms with Gasteiger partial charge in [0.2, 0.25) is 0 Å². The molecule has 0 aliphatic carbocycles. The van der Waals surface area contributed by atoms with Gasteiger partial charge in [0.15, 0.2) is 5.13 Å². The van der Waals surface area contributed by atoms with Crippen molar-refractivity contribution in [1.29, 1.82) is 0 Å². The van der Waals surface area contributed by atoms with E-state index in [0.29, 0.717) is 5.92 Å². The Bertz CT molecular complexity index is 879. The Hall–Kier alpha value is -2.66. The Morgan fingerprint density at radius 3 is 2.31 bits per heavy atom. The van der Waals surface area contributed by atoms with Crippen LogP contribution in [0.1, 0.15) is 45.6 Å². The molecule has 5 heteroatoms. The maximum atomic E-state index is 11.2. The molecule has 1 saturated heterocycles. The van der Waals surface area contributed by atoms with Gasteiger partial charge in [-0.2, -0.15) is 0 Å². The Kier molecular flexibility index (Phi) is 4.71. The summed E-state index contributed by atoms with van der Waals surface area (Å²) in [5, 5.41) is 10.0. The average Bonchev–Trinajstić information content (AvgIpc) is 3.19. The Labute approximate surface area is 156 Å². The van der Waals surface area contributed by atoms with Gasteiger partial charge in [0.05, 0.1) is 12.2 Å². The van der Waals surface area contributed by atoms with Gasteiger partial charge in [-0.15, -0.1) is 0 Å². The maximum absolute atomic E-state index is 11.2. The van der Waals surface area contributed by atoms with Crippen LogP contribution < -0.4 is 4.90 Å². The largest absolute Gasteiger partial charge is 0.477 e. The molecule has 0 radical (unpaired) electrons. The quantitative estimate of drug-likeness (QED) is 0.710. The zero-order chi connectivity index (χ0) is 17.9. The third-order valence-corrected chi connectivity index (χ3v) is 6.03. The average molecular weight is 364 g/mol. The van der Waals surface area contributed by atoms with E-state index in [0.717, 1.165) is 24.5 Å². The highest BCUT2D eigenvalue weighted by atomic mass is 32.1. The molecule has 26 heavy (non-hydrogen) atoms. The molecule has 2 aromatic carbocycles. The van der Waals surface area contributed by atoms with E-state index in [1.807, 2.05) is 6.07 Å². The zero-order valence-electron chi connectivity index (χ0n) is 14.3. The highest BCUT2D eigenvalue weighted by Crippen LogP contribution is 2.42. The first kappa shape index (κ1) is 16.8. The van der Waals surface area contributed by atoms with Crippen molar-refractivity contribution in [2.24, 2.45) is 0 Å². The topological polar surface area (TPSA) is 53.4 Å². The number of aromatic carboxylic acids is 1. The number of carbonyl (C=O) groups is 1. The van der Waals surface area contributed by atoms with E-state index in [9.17, 15) is 9.90 Å². The van der Waals surface area contributed by atoms with Gasteiger partial charge in [-0.3, -0.25) is 0 Å². The van der Waals surface area contributed by atoms with Crippen LogP contribution in [0.2, 0.25) is 0 Å². The summed E-state index contributed by atoms with van der Waals surface area (Å²) in [6, 6.07) is 21.3. The van der Waals surface area contributed by atoms with E-state index in [1.165, 1.54) is 28.7 Å². The van der Waals surface area contributed by atoms with Crippen LogP contribution in [0.5, 0.6) is 0 Å². The fraction of sp³-hybridized carbons (Fsp3) is 0.238. The number of carboxylic acids is 1. The molecule has 0 spiro atoms. The molecule has 4 rings (SSSR count). The first-order valence-electron chi connectivity index (χ1n) is 8.78. The smallest absolute Gasteiger partial charge is 0.347 e. The molecule has 1 aliphatic heterocycles. The summed E-state index contributed by atoms with van der Waals surface area (Å²) < 4.78 is 0. The van der Waals surface area contributed by atoms with Crippen LogP contribution in [0.3, 0.4) is 0 Å². The number of hydrogen-bond acceptors (Lipinski definition) is 4. The molecule has 2 atom stereocenters. The lowest BCUT2D eigenvalue weighted by Crippen LogP contribution is -2.36. The van der Waals surface area contributed by atoms with Crippen molar-refractivity contribution >= 4 is 22.4 Å². The van der Waals surface area contributed by atoms with Gasteiger partial charge >= 0.3 is 5.97 Å². The fourth-order valence-electron chi connectivity index (χ4n) is 3.71. The van der Waals surface area contributed by atoms with Crippen molar-refractivity contribution in [1.82, 2.24) is 4.98 Å². The minimum atomic E-state index is -0.913. The molecule has 0 amide bonds. The SMILES string of the molecule is O=C(O)c1cnc(N2CCC(c3ccccc3)CC2c2ccccc2)s1. The molecule has 1 N–H and O–H groups in total. The highest BCUT2D eigenvalue weighted by molar-refractivity contribution is 7.17. The van der Waals surface area contributed by atoms with Crippen molar-refractivity contribution in [3.05, 3.63) is 82.9 Å². The monoisotopic (exact) mass is 364 g/mol. The summed E-state index contributed by atoms with van der Waals surface area (Å²) in [5.74, 6) is -0.416. The second kappa shape index (κ2) is 7.30. The molecule has 1 fully saturated rings. The molecule has 0 saturated carbocycles. The van der Waals surface area contributed by atoms with Crippen LogP contribution in [-0.2, 0) is 0 Å². The molecule has 0 bridgehead atoms. The van der Waals surface area contributed by atoms with Crippen LogP contribution in [0.15, 0.2) is 66.9 Å². The normalized spacial score (nSPS) is 20.1. The van der Waals surface area contributed by atoms with Crippen LogP contribution in [0.4, 0.5) is 5.13 Å². The second-order valence-electron chi connectivity index (χ2n) is 6.56. The lowest BCUT2D eigenvalue weighted by molar-refractivity contribution is 0.0702. The zero-order valence-corrected chi connectivity index (χ0v) is 15.1. The first-order chi connectivity index (χ1) is 12.7. The van der Waals surface area contributed by atoms with Crippen molar-refractivity contribution in [3.63, 3.8) is 0 Å². The summed E-state index contributed by atoms with van der Waals surface area (Å²) in [7, 11) is 0. The minimum Gasteiger partial charge on any atom is -0.477 e. The number of thiazole rings is 1. The van der Waals surface area contributed by atoms with Crippen LogP contribution in [0.25, 0.3) is 0 Å². The number of hydrogen-bond donors (Lipinski definition) is 1. The summed E-state index contributed by atoms with van der Waals surface area (Å²) in [6.45, 7) is 0.867. The van der Waals surface area contributed by atoms with E-state index in [-0.39, 0.29) is 10.9 Å². The van der Waals surface area contributed by atoms with Gasteiger partial charge in [-0.25, -0.2) is 9.78 Å². The molecule has 1 aromatic heterocycles. The van der Waals surface area contributed by atoms with E-state index in [1.54, 1.807) is 0 Å². The van der Waals surface area contributed by atoms with Gasteiger partial charge in [-0.1, -0.05) is 72.0 Å². The molecule has 3 aromatic rings. The van der Waals surface area contributed by atoms with E-state index in [2.05, 4.69) is 64.5 Å². The summed E-state index contributed by atoms with van der Waals surface area (Å²) in [6.07, 6.45) is 3.50. The lowest BCUT2D eigenvalue weighted by Gasteiger charge is -2.40. The number of anilines is 1. The number of carboxylic acid groups (broad SMARTS) is 1. The molecule has 4 nitrogen and oxygen atoms in total. The number of rotatable bonds is 4. The van der Waals surface area contributed by atoms with Gasteiger partial charge in [0.25, 0.3) is 0 Å². The fourth-order valence-corrected chi connectivity index (χ4v) is 4.54. The van der Waals surface area contributed by atoms with Crippen LogP contribution >= 0.6 is 11.3 Å². The third kappa shape index (κ3) is 3.35. The molecular weight excluding hydrogens is 344 g/mol. The van der Waals surface area contributed by atoms with Gasteiger partial charge < -0.3 is 10.0 Å². The maximum Gasteiger partial charge on any atom is 0.347 e. The molecular formula is C21H20N2O2S. The van der Waals surface area contributed by atoms with E-state index in [4.69, 9.17) is 0 Å². The second-order valence-corrected chi connectivity index (χ2v) is 7.57. The number of benzene rings is 2. The van der Waals surface area contributed by atoms with E-state index < -0.39 is 5.97 Å². The van der Waals surface area contributed by atoms with Crippen LogP contribution in [-0.4, -0.2) is 22.6 Å². The molecule has 132 valence electrons. The van der Waals surface area contributed by atoms with Crippen molar-refractivity contribution in [2.75, 3.05) is 11.4 Å². The third-order valence-electron chi connectivity index (χ3n) is 5.01. The number of aromatic nitrogens is 1. The van der Waals surface area contributed by atoms with Crippen molar-refractivity contribution < 1.29 is 9.90 Å². The van der Waals surface area contributed by atoms with Gasteiger partial charge in [-0.05, 0) is 29.9 Å². The highest BCUT2D eigenvalue weighted by Gasteiger charge is 2.32. The molecule has 1 aliphatic rings. The molecule has 2 unspecified atom stereocenters. The summed E-state index contributed by atoms with van der Waals surface area (Å²) >= 11 is 1.26. The standard InChI is InChI=1S/C21H20N2O2S/c24-20(25)19-14-22-21(26-19)23-12-11-17(15-7-3-1-4-8-15)13-18(23)16-9-5-2-6-10-16/h1-10,14,17-18H,11-13H2,(H,24,25). The van der Waals surface area contributed by atoms with Crippen molar-refractivity contribution in [3.8, 4) is 0 Å².